The van der Waals surface area contributed by atoms with Crippen molar-refractivity contribution in [3.8, 4) is 0 Å². The van der Waals surface area contributed by atoms with Gasteiger partial charge in [0.25, 0.3) is 0 Å². The molecule has 0 radical (unpaired) electrons. The number of carbonyl (C=O) groups is 1. The number of hydrogen-bond donors (Lipinski definition) is 1. The number of nitrogens with one attached hydrogen (secondary N) is 1. The molecule has 1 aliphatic rings. The van der Waals surface area contributed by atoms with Crippen molar-refractivity contribution in [2.75, 3.05) is 0 Å². The third kappa shape index (κ3) is 1.70. The molecular weight excluding hydrogens is 142 g/mol. The van der Waals surface area contributed by atoms with Crippen LogP contribution in [0.3, 0.4) is 0 Å². The topological polar surface area (TPSA) is 29.1 Å². The van der Waals surface area contributed by atoms with Crippen LogP contribution in [0.4, 0.5) is 0 Å². The Morgan fingerprint density at radius 3 is 3.10 bits per heavy atom. The molecule has 0 bridgehead atoms. The predicted molar refractivity (Wildman–Crippen MR) is 44.1 cm³/mol. The molecule has 0 aromatic carbocycles. The fourth-order valence-corrected chi connectivity index (χ4v) is 1.76. The highest BCUT2D eigenvalue weighted by atomic mass is 28.2. The molecule has 10 heavy (non-hydrogen) atoms. The molecule has 0 saturated heterocycles. The lowest BCUT2D eigenvalue weighted by Gasteiger charge is -1.97. The van der Waals surface area contributed by atoms with Gasteiger partial charge in [0, 0.05) is 5.70 Å². The van der Waals surface area contributed by atoms with Crippen molar-refractivity contribution in [3.63, 3.8) is 0 Å². The molecule has 2 nitrogen and oxygen atoms in total. The lowest BCUT2D eigenvalue weighted by molar-refractivity contribution is -0.115. The van der Waals surface area contributed by atoms with Crippen molar-refractivity contribution in [2.45, 2.75) is 0 Å². The first kappa shape index (κ1) is 7.02. The summed E-state index contributed by atoms with van der Waals surface area (Å²) in [4.78, 5) is 10.7. The van der Waals surface area contributed by atoms with E-state index in [1.165, 1.54) is 6.08 Å². The van der Waals surface area contributed by atoms with E-state index in [-0.39, 0.29) is 15.4 Å². The minimum atomic E-state index is -0.146. The van der Waals surface area contributed by atoms with Crippen LogP contribution in [0.15, 0.2) is 35.8 Å². The lowest BCUT2D eigenvalue weighted by atomic mass is 10.4. The van der Waals surface area contributed by atoms with E-state index in [2.05, 4.69) is 23.3 Å². The molecule has 1 amide bonds. The van der Waals surface area contributed by atoms with E-state index in [4.69, 9.17) is 0 Å². The average molecular weight is 151 g/mol. The van der Waals surface area contributed by atoms with Crippen LogP contribution in [-0.2, 0) is 4.79 Å². The number of amides is 1. The largest absolute Gasteiger partial charge is 0.323 e. The normalized spacial score (nSPS) is 17.0. The summed E-state index contributed by atoms with van der Waals surface area (Å²) >= 11 is 0. The summed E-state index contributed by atoms with van der Waals surface area (Å²) in [6.07, 6.45) is 3.21. The van der Waals surface area contributed by atoms with Gasteiger partial charge in [0.15, 0.2) is 0 Å². The van der Waals surface area contributed by atoms with E-state index in [9.17, 15) is 4.79 Å². The predicted octanol–water partition coefficient (Wildman–Crippen LogP) is -0.174. The van der Waals surface area contributed by atoms with Crippen molar-refractivity contribution in [2.24, 2.45) is 0 Å². The first-order valence-corrected chi connectivity index (χ1v) is 4.76. The summed E-state index contributed by atoms with van der Waals surface area (Å²) in [5.74, 6) is -0.133. The van der Waals surface area contributed by atoms with Gasteiger partial charge in [-0.3, -0.25) is 4.79 Å². The molecule has 0 aliphatic carbocycles. The standard InChI is InChI=1S/C7H9NOSi/c1-2-7(9)8-6-3-4-10-5-6/h2-5H,1,10H2,(H,8,9). The van der Waals surface area contributed by atoms with Gasteiger partial charge >= 0.3 is 0 Å². The van der Waals surface area contributed by atoms with Crippen molar-refractivity contribution < 1.29 is 4.79 Å². The van der Waals surface area contributed by atoms with Crippen LogP contribution in [-0.4, -0.2) is 15.4 Å². The van der Waals surface area contributed by atoms with Crippen LogP contribution in [0.1, 0.15) is 0 Å². The van der Waals surface area contributed by atoms with Gasteiger partial charge in [0.05, 0.1) is 9.52 Å². The molecule has 0 aromatic heterocycles. The van der Waals surface area contributed by atoms with E-state index in [1.807, 2.05) is 6.08 Å². The second kappa shape index (κ2) is 3.17. The van der Waals surface area contributed by atoms with E-state index >= 15 is 0 Å². The molecule has 0 saturated carbocycles. The molecule has 3 heteroatoms. The zero-order valence-electron chi connectivity index (χ0n) is 5.63. The van der Waals surface area contributed by atoms with E-state index in [0.29, 0.717) is 0 Å². The summed E-state index contributed by atoms with van der Waals surface area (Å²) in [6, 6.07) is 0. The number of hydrogen-bond acceptors (Lipinski definition) is 1. The van der Waals surface area contributed by atoms with Crippen LogP contribution >= 0.6 is 0 Å². The van der Waals surface area contributed by atoms with Gasteiger partial charge in [-0.2, -0.15) is 0 Å². The number of allylic oxidation sites excluding steroid dienone is 1. The van der Waals surface area contributed by atoms with Crippen LogP contribution in [0, 0.1) is 0 Å². The molecule has 1 N–H and O–H groups in total. The molecule has 1 heterocycles. The third-order valence-corrected chi connectivity index (χ3v) is 2.41. The molecular formula is C7H9NOSi. The molecule has 1 aliphatic heterocycles. The van der Waals surface area contributed by atoms with E-state index < -0.39 is 0 Å². The zero-order chi connectivity index (χ0) is 7.40. The minimum absolute atomic E-state index is 0.133. The van der Waals surface area contributed by atoms with Crippen molar-refractivity contribution >= 4 is 15.4 Å². The maximum absolute atomic E-state index is 10.7. The Bertz CT molecular complexity index is 218. The van der Waals surface area contributed by atoms with E-state index in [0.717, 1.165) is 5.70 Å². The summed E-state index contributed by atoms with van der Waals surface area (Å²) in [6.45, 7) is 3.35. The molecule has 0 unspecified atom stereocenters. The molecule has 0 fully saturated rings. The number of carbonyl (C=O) groups excluding carboxylic acids is 1. The summed E-state index contributed by atoms with van der Waals surface area (Å²) < 4.78 is 0. The van der Waals surface area contributed by atoms with Gasteiger partial charge in [-0.1, -0.05) is 18.0 Å². The highest BCUT2D eigenvalue weighted by Gasteiger charge is 1.98. The Hall–Kier alpha value is -1.09. The van der Waals surface area contributed by atoms with Gasteiger partial charge < -0.3 is 5.32 Å². The zero-order valence-corrected chi connectivity index (χ0v) is 7.05. The molecule has 0 aromatic rings. The average Bonchev–Trinajstić information content (AvgIpc) is 2.40. The van der Waals surface area contributed by atoms with Crippen LogP contribution < -0.4 is 5.32 Å². The van der Waals surface area contributed by atoms with Crippen LogP contribution in [0.25, 0.3) is 0 Å². The minimum Gasteiger partial charge on any atom is -0.323 e. The second-order valence-electron chi connectivity index (χ2n) is 1.99. The molecule has 0 atom stereocenters. The molecule has 52 valence electrons. The lowest BCUT2D eigenvalue weighted by Crippen LogP contribution is -2.18. The van der Waals surface area contributed by atoms with Gasteiger partial charge in [0.1, 0.15) is 0 Å². The SMILES string of the molecule is C=CC(=O)NC1=C[SiH2]C=C1. The summed E-state index contributed by atoms with van der Waals surface area (Å²) in [5.41, 5.74) is 5.14. The van der Waals surface area contributed by atoms with Crippen molar-refractivity contribution in [3.05, 3.63) is 35.8 Å². The maximum Gasteiger partial charge on any atom is 0.247 e. The fraction of sp³-hybridized carbons (Fsp3) is 0. The first-order chi connectivity index (χ1) is 4.83. The Morgan fingerprint density at radius 2 is 2.60 bits per heavy atom. The smallest absolute Gasteiger partial charge is 0.247 e. The third-order valence-electron chi connectivity index (χ3n) is 1.22. The van der Waals surface area contributed by atoms with Gasteiger partial charge in [0.2, 0.25) is 5.91 Å². The van der Waals surface area contributed by atoms with E-state index in [1.54, 1.807) is 0 Å². The van der Waals surface area contributed by atoms with Crippen LogP contribution in [0.2, 0.25) is 0 Å². The van der Waals surface area contributed by atoms with Crippen molar-refractivity contribution in [1.29, 1.82) is 0 Å². The Labute approximate surface area is 62.1 Å². The fourth-order valence-electron chi connectivity index (χ4n) is 0.744. The van der Waals surface area contributed by atoms with Crippen LogP contribution in [0.5, 0.6) is 0 Å². The summed E-state index contributed by atoms with van der Waals surface area (Å²) in [5, 5.41) is 2.68. The monoisotopic (exact) mass is 151 g/mol. The highest BCUT2D eigenvalue weighted by Crippen LogP contribution is 1.97. The number of rotatable bonds is 2. The Balaban J connectivity index is 2.45. The maximum atomic E-state index is 10.7. The Kier molecular flexibility index (Phi) is 2.23. The van der Waals surface area contributed by atoms with Gasteiger partial charge in [-0.25, -0.2) is 0 Å². The Morgan fingerprint density at radius 1 is 1.80 bits per heavy atom. The second-order valence-corrected chi connectivity index (χ2v) is 3.34. The van der Waals surface area contributed by atoms with Crippen molar-refractivity contribution in [1.82, 2.24) is 5.32 Å². The summed E-state index contributed by atoms with van der Waals surface area (Å²) in [7, 11) is -0.146. The molecule has 0 spiro atoms. The quantitative estimate of drug-likeness (QED) is 0.431. The van der Waals surface area contributed by atoms with Gasteiger partial charge in [-0.15, -0.1) is 0 Å². The van der Waals surface area contributed by atoms with Gasteiger partial charge in [-0.05, 0) is 12.2 Å². The highest BCUT2D eigenvalue weighted by molar-refractivity contribution is 6.49. The first-order valence-electron chi connectivity index (χ1n) is 3.13. The molecule has 1 rings (SSSR count).